The van der Waals surface area contributed by atoms with E-state index in [0.717, 1.165) is 18.1 Å². The molecule has 0 aliphatic heterocycles. The van der Waals surface area contributed by atoms with Crippen LogP contribution in [0.15, 0.2) is 35.3 Å². The Labute approximate surface area is 155 Å². The standard InChI is InChI=1S/C17H26N4O.HI/c1-2-18-17(21-15-10-6-7-11-15)20-13-16(22)19-12-14-8-4-3-5-9-14;/h3-5,8-9,15H,2,6-7,10-13H2,1H3,(H,19,22)(H2,18,20,21);1H. The first kappa shape index (κ1) is 19.7. The molecule has 1 amide bonds. The fourth-order valence-electron chi connectivity index (χ4n) is 2.59. The van der Waals surface area contributed by atoms with Crippen LogP contribution in [0.4, 0.5) is 0 Å². The number of halogens is 1. The third-order valence-electron chi connectivity index (χ3n) is 3.75. The van der Waals surface area contributed by atoms with Gasteiger partial charge < -0.3 is 16.0 Å². The van der Waals surface area contributed by atoms with Gasteiger partial charge in [0.1, 0.15) is 6.54 Å². The van der Waals surface area contributed by atoms with Gasteiger partial charge in [0, 0.05) is 19.1 Å². The average Bonchev–Trinajstić information content (AvgIpc) is 3.05. The van der Waals surface area contributed by atoms with Crippen LogP contribution in [-0.2, 0) is 11.3 Å². The second kappa shape index (κ2) is 11.3. The van der Waals surface area contributed by atoms with E-state index in [4.69, 9.17) is 0 Å². The lowest BCUT2D eigenvalue weighted by Crippen LogP contribution is -2.43. The Balaban J connectivity index is 0.00000264. The van der Waals surface area contributed by atoms with E-state index in [1.807, 2.05) is 37.3 Å². The highest BCUT2D eigenvalue weighted by atomic mass is 127. The summed E-state index contributed by atoms with van der Waals surface area (Å²) in [7, 11) is 0. The molecule has 23 heavy (non-hydrogen) atoms. The summed E-state index contributed by atoms with van der Waals surface area (Å²) in [6.07, 6.45) is 4.92. The molecule has 0 atom stereocenters. The second-order valence-electron chi connectivity index (χ2n) is 5.58. The van der Waals surface area contributed by atoms with Crippen molar-refractivity contribution in [1.29, 1.82) is 0 Å². The SMILES string of the molecule is CCNC(=NCC(=O)NCc1ccccc1)NC1CCCC1.I. The van der Waals surface area contributed by atoms with Crippen LogP contribution in [0.3, 0.4) is 0 Å². The van der Waals surface area contributed by atoms with Crippen LogP contribution in [0, 0.1) is 0 Å². The van der Waals surface area contributed by atoms with Gasteiger partial charge in [-0.3, -0.25) is 4.79 Å². The zero-order chi connectivity index (χ0) is 15.6. The van der Waals surface area contributed by atoms with Gasteiger partial charge in [-0.05, 0) is 25.3 Å². The molecule has 2 rings (SSSR count). The maximum atomic E-state index is 11.9. The van der Waals surface area contributed by atoms with Crippen molar-refractivity contribution < 1.29 is 4.79 Å². The molecule has 3 N–H and O–H groups in total. The molecule has 1 fully saturated rings. The maximum Gasteiger partial charge on any atom is 0.242 e. The van der Waals surface area contributed by atoms with Crippen molar-refractivity contribution in [3.05, 3.63) is 35.9 Å². The van der Waals surface area contributed by atoms with Crippen molar-refractivity contribution in [2.75, 3.05) is 13.1 Å². The molecule has 0 bridgehead atoms. The minimum absolute atomic E-state index is 0. The van der Waals surface area contributed by atoms with Gasteiger partial charge in [-0.15, -0.1) is 24.0 Å². The van der Waals surface area contributed by atoms with E-state index < -0.39 is 0 Å². The van der Waals surface area contributed by atoms with E-state index in [2.05, 4.69) is 20.9 Å². The van der Waals surface area contributed by atoms with Crippen LogP contribution in [0.25, 0.3) is 0 Å². The van der Waals surface area contributed by atoms with Crippen LogP contribution < -0.4 is 16.0 Å². The number of amides is 1. The zero-order valence-electron chi connectivity index (χ0n) is 13.7. The smallest absolute Gasteiger partial charge is 0.242 e. The minimum Gasteiger partial charge on any atom is -0.357 e. The molecule has 0 heterocycles. The van der Waals surface area contributed by atoms with E-state index in [9.17, 15) is 4.79 Å². The molecule has 1 aromatic rings. The van der Waals surface area contributed by atoms with E-state index in [0.29, 0.717) is 12.6 Å². The summed E-state index contributed by atoms with van der Waals surface area (Å²) < 4.78 is 0. The first-order chi connectivity index (χ1) is 10.8. The van der Waals surface area contributed by atoms with Gasteiger partial charge in [0.25, 0.3) is 0 Å². The van der Waals surface area contributed by atoms with Crippen molar-refractivity contribution >= 4 is 35.8 Å². The van der Waals surface area contributed by atoms with Crippen LogP contribution >= 0.6 is 24.0 Å². The predicted molar refractivity (Wildman–Crippen MR) is 105 cm³/mol. The molecule has 6 heteroatoms. The summed E-state index contributed by atoms with van der Waals surface area (Å²) in [5.41, 5.74) is 1.09. The minimum atomic E-state index is -0.0625. The first-order valence-corrected chi connectivity index (χ1v) is 8.13. The van der Waals surface area contributed by atoms with Gasteiger partial charge in [0.15, 0.2) is 5.96 Å². The Kier molecular flexibility index (Phi) is 9.66. The number of nitrogens with zero attached hydrogens (tertiary/aromatic N) is 1. The molecule has 128 valence electrons. The largest absolute Gasteiger partial charge is 0.357 e. The lowest BCUT2D eigenvalue weighted by Gasteiger charge is -2.16. The van der Waals surface area contributed by atoms with Gasteiger partial charge in [0.2, 0.25) is 5.91 Å². The van der Waals surface area contributed by atoms with Crippen LogP contribution in [0.2, 0.25) is 0 Å². The molecular formula is C17H27IN4O. The lowest BCUT2D eigenvalue weighted by atomic mass is 10.2. The topological polar surface area (TPSA) is 65.5 Å². The van der Waals surface area contributed by atoms with Gasteiger partial charge in [-0.25, -0.2) is 4.99 Å². The molecule has 1 aromatic carbocycles. The fraction of sp³-hybridized carbons (Fsp3) is 0.529. The molecule has 5 nitrogen and oxygen atoms in total. The summed E-state index contributed by atoms with van der Waals surface area (Å²) in [5, 5.41) is 9.49. The number of rotatable bonds is 6. The highest BCUT2D eigenvalue weighted by molar-refractivity contribution is 14.0. The second-order valence-corrected chi connectivity index (χ2v) is 5.58. The van der Waals surface area contributed by atoms with Crippen LogP contribution in [0.5, 0.6) is 0 Å². The number of nitrogens with one attached hydrogen (secondary N) is 3. The number of guanidine groups is 1. The van der Waals surface area contributed by atoms with E-state index in [1.165, 1.54) is 25.7 Å². The van der Waals surface area contributed by atoms with Crippen molar-refractivity contribution in [2.24, 2.45) is 4.99 Å². The lowest BCUT2D eigenvalue weighted by molar-refractivity contribution is -0.119. The van der Waals surface area contributed by atoms with E-state index in [1.54, 1.807) is 0 Å². The summed E-state index contributed by atoms with van der Waals surface area (Å²) >= 11 is 0. The van der Waals surface area contributed by atoms with Crippen molar-refractivity contribution in [3.63, 3.8) is 0 Å². The van der Waals surface area contributed by atoms with Gasteiger partial charge >= 0.3 is 0 Å². The highest BCUT2D eigenvalue weighted by Crippen LogP contribution is 2.17. The Morgan fingerprint density at radius 3 is 2.52 bits per heavy atom. The van der Waals surface area contributed by atoms with Crippen molar-refractivity contribution in [2.45, 2.75) is 45.2 Å². The molecule has 0 saturated heterocycles. The van der Waals surface area contributed by atoms with E-state index in [-0.39, 0.29) is 36.4 Å². The van der Waals surface area contributed by atoms with Crippen molar-refractivity contribution in [1.82, 2.24) is 16.0 Å². The van der Waals surface area contributed by atoms with Crippen LogP contribution in [0.1, 0.15) is 38.2 Å². The van der Waals surface area contributed by atoms with E-state index >= 15 is 0 Å². The molecule has 0 aromatic heterocycles. The summed E-state index contributed by atoms with van der Waals surface area (Å²) in [5.74, 6) is 0.678. The average molecular weight is 430 g/mol. The van der Waals surface area contributed by atoms with Crippen molar-refractivity contribution in [3.8, 4) is 0 Å². The molecule has 0 radical (unpaired) electrons. The Morgan fingerprint density at radius 1 is 1.17 bits per heavy atom. The third kappa shape index (κ3) is 7.67. The predicted octanol–water partition coefficient (Wildman–Crippen LogP) is 2.42. The number of carbonyl (C=O) groups is 1. The number of hydrogen-bond donors (Lipinski definition) is 3. The Morgan fingerprint density at radius 2 is 1.87 bits per heavy atom. The number of hydrogen-bond acceptors (Lipinski definition) is 2. The fourth-order valence-corrected chi connectivity index (χ4v) is 2.59. The summed E-state index contributed by atoms with van der Waals surface area (Å²) in [4.78, 5) is 16.3. The maximum absolute atomic E-state index is 11.9. The Hall–Kier alpha value is -1.31. The number of benzene rings is 1. The summed E-state index contributed by atoms with van der Waals surface area (Å²) in [6.45, 7) is 3.52. The summed E-state index contributed by atoms with van der Waals surface area (Å²) in [6, 6.07) is 10.4. The molecule has 0 spiro atoms. The normalized spacial score (nSPS) is 14.9. The third-order valence-corrected chi connectivity index (χ3v) is 3.75. The highest BCUT2D eigenvalue weighted by Gasteiger charge is 2.15. The van der Waals surface area contributed by atoms with Gasteiger partial charge in [-0.2, -0.15) is 0 Å². The van der Waals surface area contributed by atoms with Crippen LogP contribution in [-0.4, -0.2) is 31.0 Å². The first-order valence-electron chi connectivity index (χ1n) is 8.13. The number of aliphatic imine (C=N–C) groups is 1. The molecule has 1 saturated carbocycles. The zero-order valence-corrected chi connectivity index (χ0v) is 16.0. The molecular weight excluding hydrogens is 403 g/mol. The number of carbonyl (C=O) groups excluding carboxylic acids is 1. The molecule has 1 aliphatic carbocycles. The molecule has 0 unspecified atom stereocenters. The van der Waals surface area contributed by atoms with Gasteiger partial charge in [0.05, 0.1) is 0 Å². The quantitative estimate of drug-likeness (QED) is 0.369. The Bertz CT molecular complexity index is 487. The van der Waals surface area contributed by atoms with Gasteiger partial charge in [-0.1, -0.05) is 43.2 Å². The molecule has 1 aliphatic rings. The monoisotopic (exact) mass is 430 g/mol.